The van der Waals surface area contributed by atoms with E-state index in [1.165, 1.54) is 5.56 Å². The quantitative estimate of drug-likeness (QED) is 0.764. The summed E-state index contributed by atoms with van der Waals surface area (Å²) >= 11 is 3.40. The third-order valence-electron chi connectivity index (χ3n) is 4.49. The van der Waals surface area contributed by atoms with Gasteiger partial charge in [0, 0.05) is 17.6 Å². The first kappa shape index (κ1) is 17.0. The van der Waals surface area contributed by atoms with E-state index in [9.17, 15) is 4.79 Å². The molecule has 0 aromatic heterocycles. The smallest absolute Gasteiger partial charge is 0.260 e. The van der Waals surface area contributed by atoms with Gasteiger partial charge in [-0.1, -0.05) is 52.3 Å². The van der Waals surface area contributed by atoms with Gasteiger partial charge < -0.3 is 9.64 Å². The van der Waals surface area contributed by atoms with Gasteiger partial charge >= 0.3 is 0 Å². The number of hydrogen-bond donors (Lipinski definition) is 0. The summed E-state index contributed by atoms with van der Waals surface area (Å²) in [5.74, 6) is 1.47. The molecule has 1 aliphatic rings. The summed E-state index contributed by atoms with van der Waals surface area (Å²) < 4.78 is 6.56. The van der Waals surface area contributed by atoms with Gasteiger partial charge in [0.2, 0.25) is 0 Å². The van der Waals surface area contributed by atoms with Crippen molar-refractivity contribution >= 4 is 21.8 Å². The van der Waals surface area contributed by atoms with Crippen LogP contribution in [0.15, 0.2) is 59.1 Å². The number of carbonyl (C=O) groups excluding carboxylic acids is 1. The fourth-order valence-electron chi connectivity index (χ4n) is 3.13. The number of likely N-dealkylation sites (tertiary alicyclic amines) is 1. The van der Waals surface area contributed by atoms with Crippen molar-refractivity contribution < 1.29 is 9.53 Å². The molecular weight excluding hydrogens is 366 g/mol. The summed E-state index contributed by atoms with van der Waals surface area (Å²) in [7, 11) is 0. The summed E-state index contributed by atoms with van der Waals surface area (Å²) in [5, 5.41) is 0. The Hall–Kier alpha value is -1.81. The van der Waals surface area contributed by atoms with Crippen molar-refractivity contribution in [3.63, 3.8) is 0 Å². The predicted octanol–water partition coefficient (Wildman–Crippen LogP) is 4.31. The van der Waals surface area contributed by atoms with Crippen LogP contribution in [0.3, 0.4) is 0 Å². The summed E-state index contributed by atoms with van der Waals surface area (Å²) in [6.45, 7) is 1.77. The number of ether oxygens (including phenoxy) is 1. The number of nitrogens with zero attached hydrogens (tertiary/aromatic N) is 1. The van der Waals surface area contributed by atoms with Gasteiger partial charge in [-0.25, -0.2) is 0 Å². The van der Waals surface area contributed by atoms with Gasteiger partial charge in [-0.05, 0) is 48.9 Å². The Bertz CT molecular complexity index is 666. The second-order valence-electron chi connectivity index (χ2n) is 6.26. The maximum Gasteiger partial charge on any atom is 0.260 e. The van der Waals surface area contributed by atoms with Crippen LogP contribution in [0.5, 0.6) is 5.75 Å². The second kappa shape index (κ2) is 8.34. The van der Waals surface area contributed by atoms with Crippen LogP contribution in [-0.4, -0.2) is 30.5 Å². The van der Waals surface area contributed by atoms with E-state index in [0.29, 0.717) is 5.92 Å². The van der Waals surface area contributed by atoms with E-state index in [1.807, 2.05) is 29.2 Å². The maximum absolute atomic E-state index is 12.3. The van der Waals surface area contributed by atoms with E-state index in [1.54, 1.807) is 0 Å². The van der Waals surface area contributed by atoms with Crippen molar-refractivity contribution in [2.24, 2.45) is 5.92 Å². The average molecular weight is 388 g/mol. The minimum atomic E-state index is 0.0770. The Balaban J connectivity index is 1.43. The average Bonchev–Trinajstić information content (AvgIpc) is 2.61. The molecule has 1 saturated heterocycles. The number of carbonyl (C=O) groups is 1. The molecule has 0 atom stereocenters. The molecular formula is C20H22BrNO2. The van der Waals surface area contributed by atoms with Crippen molar-refractivity contribution in [2.75, 3.05) is 19.7 Å². The van der Waals surface area contributed by atoms with E-state index in [0.717, 1.165) is 42.6 Å². The van der Waals surface area contributed by atoms with Gasteiger partial charge in [0.25, 0.3) is 5.91 Å². The Morgan fingerprint density at radius 2 is 1.83 bits per heavy atom. The summed E-state index contributed by atoms with van der Waals surface area (Å²) in [4.78, 5) is 14.2. The van der Waals surface area contributed by atoms with Gasteiger partial charge in [0.15, 0.2) is 6.61 Å². The zero-order chi connectivity index (χ0) is 16.8. The third-order valence-corrected chi connectivity index (χ3v) is 4.99. The molecule has 1 fully saturated rings. The Labute approximate surface area is 151 Å². The van der Waals surface area contributed by atoms with Crippen LogP contribution >= 0.6 is 15.9 Å². The second-order valence-corrected chi connectivity index (χ2v) is 7.18. The van der Waals surface area contributed by atoms with Crippen LogP contribution in [0.1, 0.15) is 18.4 Å². The Morgan fingerprint density at radius 1 is 1.08 bits per heavy atom. The number of rotatable bonds is 5. The number of benzene rings is 2. The molecule has 0 aliphatic carbocycles. The van der Waals surface area contributed by atoms with E-state index < -0.39 is 0 Å². The molecule has 24 heavy (non-hydrogen) atoms. The zero-order valence-electron chi connectivity index (χ0n) is 13.7. The highest BCUT2D eigenvalue weighted by Crippen LogP contribution is 2.22. The van der Waals surface area contributed by atoms with Crippen LogP contribution < -0.4 is 4.74 Å². The molecule has 0 radical (unpaired) electrons. The molecule has 0 saturated carbocycles. The van der Waals surface area contributed by atoms with Crippen LogP contribution in [0, 0.1) is 5.92 Å². The van der Waals surface area contributed by atoms with Gasteiger partial charge in [-0.3, -0.25) is 4.79 Å². The molecule has 0 spiro atoms. The van der Waals surface area contributed by atoms with Gasteiger partial charge in [-0.2, -0.15) is 0 Å². The van der Waals surface area contributed by atoms with Crippen LogP contribution in [0.2, 0.25) is 0 Å². The number of piperidine rings is 1. The summed E-state index contributed by atoms with van der Waals surface area (Å²) in [6, 6.07) is 18.2. The van der Waals surface area contributed by atoms with Crippen molar-refractivity contribution in [1.29, 1.82) is 0 Å². The monoisotopic (exact) mass is 387 g/mol. The van der Waals surface area contributed by atoms with E-state index in [-0.39, 0.29) is 12.5 Å². The number of halogens is 1. The normalized spacial score (nSPS) is 15.3. The lowest BCUT2D eigenvalue weighted by Gasteiger charge is -2.32. The third kappa shape index (κ3) is 4.84. The first-order valence-electron chi connectivity index (χ1n) is 8.41. The fourth-order valence-corrected chi connectivity index (χ4v) is 3.51. The van der Waals surface area contributed by atoms with Crippen molar-refractivity contribution in [3.8, 4) is 5.75 Å². The molecule has 126 valence electrons. The van der Waals surface area contributed by atoms with Gasteiger partial charge in [0.05, 0.1) is 0 Å². The lowest BCUT2D eigenvalue weighted by molar-refractivity contribution is -0.134. The molecule has 2 aromatic rings. The first-order valence-corrected chi connectivity index (χ1v) is 9.20. The van der Waals surface area contributed by atoms with Crippen LogP contribution in [-0.2, 0) is 11.2 Å². The highest BCUT2D eigenvalue weighted by atomic mass is 79.9. The molecule has 0 N–H and O–H groups in total. The van der Waals surface area contributed by atoms with Crippen molar-refractivity contribution in [2.45, 2.75) is 19.3 Å². The Kier molecular flexibility index (Phi) is 5.91. The zero-order valence-corrected chi connectivity index (χ0v) is 15.2. The molecule has 4 heteroatoms. The lowest BCUT2D eigenvalue weighted by Crippen LogP contribution is -2.41. The van der Waals surface area contributed by atoms with Gasteiger partial charge in [0.1, 0.15) is 5.75 Å². The fraction of sp³-hybridized carbons (Fsp3) is 0.350. The predicted molar refractivity (Wildman–Crippen MR) is 99.1 cm³/mol. The molecule has 3 nitrogen and oxygen atoms in total. The van der Waals surface area contributed by atoms with Crippen LogP contribution in [0.25, 0.3) is 0 Å². The molecule has 1 heterocycles. The topological polar surface area (TPSA) is 29.5 Å². The number of amides is 1. The lowest BCUT2D eigenvalue weighted by atomic mass is 9.90. The van der Waals surface area contributed by atoms with Crippen molar-refractivity contribution in [1.82, 2.24) is 4.90 Å². The van der Waals surface area contributed by atoms with Crippen molar-refractivity contribution in [3.05, 3.63) is 64.6 Å². The molecule has 0 bridgehead atoms. The maximum atomic E-state index is 12.3. The standard InChI is InChI=1S/C20H22BrNO2/c21-18-7-4-8-19(14-18)24-15-20(23)22-11-9-17(10-12-22)13-16-5-2-1-3-6-16/h1-8,14,17H,9-13,15H2. The highest BCUT2D eigenvalue weighted by molar-refractivity contribution is 9.10. The largest absolute Gasteiger partial charge is 0.484 e. The van der Waals surface area contributed by atoms with E-state index >= 15 is 0 Å². The summed E-state index contributed by atoms with van der Waals surface area (Å²) in [5.41, 5.74) is 1.39. The molecule has 2 aromatic carbocycles. The molecule has 1 aliphatic heterocycles. The SMILES string of the molecule is O=C(COc1cccc(Br)c1)N1CCC(Cc2ccccc2)CC1. The summed E-state index contributed by atoms with van der Waals surface area (Å²) in [6.07, 6.45) is 3.24. The number of hydrogen-bond acceptors (Lipinski definition) is 2. The minimum absolute atomic E-state index is 0.0770. The molecule has 1 amide bonds. The van der Waals surface area contributed by atoms with Gasteiger partial charge in [-0.15, -0.1) is 0 Å². The molecule has 0 unspecified atom stereocenters. The minimum Gasteiger partial charge on any atom is -0.484 e. The highest BCUT2D eigenvalue weighted by Gasteiger charge is 2.23. The first-order chi connectivity index (χ1) is 11.7. The molecule has 3 rings (SSSR count). The van der Waals surface area contributed by atoms with E-state index in [4.69, 9.17) is 4.74 Å². The van der Waals surface area contributed by atoms with Crippen LogP contribution in [0.4, 0.5) is 0 Å². The van der Waals surface area contributed by atoms with E-state index in [2.05, 4.69) is 46.3 Å². The Morgan fingerprint density at radius 3 is 2.54 bits per heavy atom.